The number of aromatic carboxylic acids is 1. The maximum atomic E-state index is 11.3. The normalized spacial score (nSPS) is 11.8. The number of rotatable bonds is 2. The molecule has 0 fully saturated rings. The molecule has 3 aromatic carbocycles. The van der Waals surface area contributed by atoms with Gasteiger partial charge in [0.25, 0.3) is 0 Å². The second kappa shape index (κ2) is 4.99. The van der Waals surface area contributed by atoms with Crippen LogP contribution >= 0.6 is 0 Å². The second-order valence-corrected chi connectivity index (χ2v) is 5.77. The summed E-state index contributed by atoms with van der Waals surface area (Å²) in [4.78, 5) is 11.3. The molecule has 0 saturated heterocycles. The lowest BCUT2D eigenvalue weighted by Gasteiger charge is -2.11. The lowest BCUT2D eigenvalue weighted by Crippen LogP contribution is -2.02. The highest BCUT2D eigenvalue weighted by Gasteiger charge is 2.21. The first-order chi connectivity index (χ1) is 11.1. The van der Waals surface area contributed by atoms with Gasteiger partial charge in [-0.25, -0.2) is 4.79 Å². The summed E-state index contributed by atoms with van der Waals surface area (Å²) in [7, 11) is 0. The predicted molar refractivity (Wildman–Crippen MR) is 91.5 cm³/mol. The standard InChI is InChI=1S/C20H15NO2/c21-19-9-8-13(11-18(19)20(22)23)15-6-3-7-16-14-5-2-1-4-12(14)10-17(15)16/h1-9,11H,10,21H2,(H,22,23). The van der Waals surface area contributed by atoms with Gasteiger partial charge < -0.3 is 10.8 Å². The minimum absolute atomic E-state index is 0.149. The van der Waals surface area contributed by atoms with Crippen LogP contribution in [0.1, 0.15) is 21.5 Å². The van der Waals surface area contributed by atoms with Gasteiger partial charge in [-0.1, -0.05) is 48.5 Å². The number of carbonyl (C=O) groups is 1. The van der Waals surface area contributed by atoms with Crippen molar-refractivity contribution in [3.8, 4) is 22.3 Å². The molecule has 4 rings (SSSR count). The number of hydrogen-bond acceptors (Lipinski definition) is 2. The van der Waals surface area contributed by atoms with Crippen molar-refractivity contribution in [3.63, 3.8) is 0 Å². The first kappa shape index (κ1) is 13.6. The van der Waals surface area contributed by atoms with Crippen molar-refractivity contribution >= 4 is 11.7 Å². The third-order valence-corrected chi connectivity index (χ3v) is 4.45. The maximum Gasteiger partial charge on any atom is 0.337 e. The summed E-state index contributed by atoms with van der Waals surface area (Å²) in [6.07, 6.45) is 0.870. The van der Waals surface area contributed by atoms with Gasteiger partial charge in [-0.15, -0.1) is 0 Å². The van der Waals surface area contributed by atoms with Gasteiger partial charge in [-0.3, -0.25) is 0 Å². The largest absolute Gasteiger partial charge is 0.478 e. The predicted octanol–water partition coefficient (Wildman–Crippen LogP) is 4.21. The Morgan fingerprint density at radius 2 is 1.65 bits per heavy atom. The number of hydrogen-bond donors (Lipinski definition) is 2. The van der Waals surface area contributed by atoms with Crippen LogP contribution < -0.4 is 5.73 Å². The van der Waals surface area contributed by atoms with Crippen LogP contribution in [0.25, 0.3) is 22.3 Å². The minimum atomic E-state index is -1.000. The highest BCUT2D eigenvalue weighted by atomic mass is 16.4. The molecule has 0 spiro atoms. The van der Waals surface area contributed by atoms with Crippen LogP contribution in [0.4, 0.5) is 5.69 Å². The van der Waals surface area contributed by atoms with Gasteiger partial charge in [0.1, 0.15) is 0 Å². The molecule has 3 N–H and O–H groups in total. The van der Waals surface area contributed by atoms with Crippen molar-refractivity contribution in [1.82, 2.24) is 0 Å². The number of nitrogen functional groups attached to an aromatic ring is 1. The van der Waals surface area contributed by atoms with Crippen LogP contribution in [0, 0.1) is 0 Å². The lowest BCUT2D eigenvalue weighted by molar-refractivity contribution is 0.0698. The van der Waals surface area contributed by atoms with Crippen molar-refractivity contribution in [3.05, 3.63) is 77.4 Å². The first-order valence-corrected chi connectivity index (χ1v) is 7.48. The average molecular weight is 301 g/mol. The number of fused-ring (bicyclic) bond motifs is 3. The van der Waals surface area contributed by atoms with Crippen molar-refractivity contribution in [2.45, 2.75) is 6.42 Å². The quantitative estimate of drug-likeness (QED) is 0.545. The molecule has 0 radical (unpaired) electrons. The minimum Gasteiger partial charge on any atom is -0.478 e. The Morgan fingerprint density at radius 3 is 2.48 bits per heavy atom. The van der Waals surface area contributed by atoms with Crippen molar-refractivity contribution in [1.29, 1.82) is 0 Å². The Kier molecular flexibility index (Phi) is 2.95. The molecule has 0 atom stereocenters. The smallest absolute Gasteiger partial charge is 0.337 e. The highest BCUT2D eigenvalue weighted by molar-refractivity contribution is 5.96. The van der Waals surface area contributed by atoms with Crippen LogP contribution in [0.3, 0.4) is 0 Å². The molecule has 3 heteroatoms. The summed E-state index contributed by atoms with van der Waals surface area (Å²) in [5.41, 5.74) is 13.2. The van der Waals surface area contributed by atoms with E-state index in [-0.39, 0.29) is 11.3 Å². The fourth-order valence-electron chi connectivity index (χ4n) is 3.34. The topological polar surface area (TPSA) is 63.3 Å². The zero-order chi connectivity index (χ0) is 16.0. The van der Waals surface area contributed by atoms with Crippen molar-refractivity contribution < 1.29 is 9.90 Å². The Labute approximate surface area is 134 Å². The first-order valence-electron chi connectivity index (χ1n) is 7.48. The molecule has 0 amide bonds. The van der Waals surface area contributed by atoms with E-state index in [1.54, 1.807) is 12.1 Å². The van der Waals surface area contributed by atoms with Gasteiger partial charge in [-0.2, -0.15) is 0 Å². The van der Waals surface area contributed by atoms with Gasteiger partial charge >= 0.3 is 5.97 Å². The monoisotopic (exact) mass is 301 g/mol. The van der Waals surface area contributed by atoms with Crippen molar-refractivity contribution in [2.24, 2.45) is 0 Å². The SMILES string of the molecule is Nc1ccc(-c2cccc3c2Cc2ccccc2-3)cc1C(=O)O. The van der Waals surface area contributed by atoms with Crippen LogP contribution in [-0.4, -0.2) is 11.1 Å². The van der Waals surface area contributed by atoms with Gasteiger partial charge in [0.05, 0.1) is 5.56 Å². The van der Waals surface area contributed by atoms with E-state index < -0.39 is 5.97 Å². The molecule has 3 aromatic rings. The second-order valence-electron chi connectivity index (χ2n) is 5.77. The highest BCUT2D eigenvalue weighted by Crippen LogP contribution is 2.41. The summed E-state index contributed by atoms with van der Waals surface area (Å²) in [6, 6.07) is 19.8. The third kappa shape index (κ3) is 2.09. The molecule has 23 heavy (non-hydrogen) atoms. The van der Waals surface area contributed by atoms with Gasteiger partial charge in [0.2, 0.25) is 0 Å². The molecule has 0 unspecified atom stereocenters. The van der Waals surface area contributed by atoms with E-state index in [9.17, 15) is 9.90 Å². The van der Waals surface area contributed by atoms with Gasteiger partial charge in [0.15, 0.2) is 0 Å². The van der Waals surface area contributed by atoms with E-state index in [2.05, 4.69) is 24.3 Å². The number of carboxylic acids is 1. The van der Waals surface area contributed by atoms with E-state index in [1.165, 1.54) is 22.3 Å². The number of benzene rings is 3. The molecular formula is C20H15NO2. The zero-order valence-electron chi connectivity index (χ0n) is 12.4. The molecule has 0 bridgehead atoms. The van der Waals surface area contributed by atoms with Crippen LogP contribution in [0.5, 0.6) is 0 Å². The van der Waals surface area contributed by atoms with Crippen LogP contribution in [-0.2, 0) is 6.42 Å². The number of anilines is 1. The van der Waals surface area contributed by atoms with Gasteiger partial charge in [-0.05, 0) is 51.9 Å². The summed E-state index contributed by atoms with van der Waals surface area (Å²) < 4.78 is 0. The Hall–Kier alpha value is -3.07. The Balaban J connectivity index is 1.90. The lowest BCUT2D eigenvalue weighted by atomic mass is 9.94. The molecule has 0 saturated carbocycles. The molecule has 0 heterocycles. The average Bonchev–Trinajstić information content (AvgIpc) is 2.94. The molecule has 112 valence electrons. The fourth-order valence-corrected chi connectivity index (χ4v) is 3.34. The maximum absolute atomic E-state index is 11.3. The van der Waals surface area contributed by atoms with Gasteiger partial charge in [0, 0.05) is 5.69 Å². The summed E-state index contributed by atoms with van der Waals surface area (Å²) >= 11 is 0. The molecule has 1 aliphatic rings. The zero-order valence-corrected chi connectivity index (χ0v) is 12.4. The summed E-state index contributed by atoms with van der Waals surface area (Å²) in [6.45, 7) is 0. The van der Waals surface area contributed by atoms with Crippen LogP contribution in [0.2, 0.25) is 0 Å². The van der Waals surface area contributed by atoms with E-state index >= 15 is 0 Å². The molecule has 0 aliphatic heterocycles. The van der Waals surface area contributed by atoms with Crippen molar-refractivity contribution in [2.75, 3.05) is 5.73 Å². The fraction of sp³-hybridized carbons (Fsp3) is 0.0500. The van der Waals surface area contributed by atoms with Crippen LogP contribution in [0.15, 0.2) is 60.7 Å². The molecular weight excluding hydrogens is 286 g/mol. The molecule has 0 aromatic heterocycles. The molecule has 3 nitrogen and oxygen atoms in total. The Morgan fingerprint density at radius 1 is 0.913 bits per heavy atom. The van der Waals surface area contributed by atoms with E-state index in [4.69, 9.17) is 5.73 Å². The number of nitrogens with two attached hydrogens (primary N) is 1. The summed E-state index contributed by atoms with van der Waals surface area (Å²) in [5.74, 6) is -1.000. The van der Waals surface area contributed by atoms with E-state index in [0.717, 1.165) is 17.5 Å². The number of carboxylic acid groups (broad SMARTS) is 1. The third-order valence-electron chi connectivity index (χ3n) is 4.45. The summed E-state index contributed by atoms with van der Waals surface area (Å²) in [5, 5.41) is 9.29. The van der Waals surface area contributed by atoms with E-state index in [0.29, 0.717) is 0 Å². The van der Waals surface area contributed by atoms with E-state index in [1.807, 2.05) is 24.3 Å². The Bertz CT molecular complexity index is 944. The molecule has 1 aliphatic carbocycles.